The van der Waals surface area contributed by atoms with Crippen LogP contribution >= 0.6 is 0 Å². The van der Waals surface area contributed by atoms with E-state index in [1.54, 1.807) is 0 Å². The van der Waals surface area contributed by atoms with Gasteiger partial charge in [0.15, 0.2) is 0 Å². The molecule has 0 saturated heterocycles. The van der Waals surface area contributed by atoms with Crippen molar-refractivity contribution in [2.75, 3.05) is 6.67 Å². The van der Waals surface area contributed by atoms with Gasteiger partial charge < -0.3 is 0 Å². The van der Waals surface area contributed by atoms with Crippen molar-refractivity contribution in [1.82, 2.24) is 0 Å². The first kappa shape index (κ1) is 22.1. The van der Waals surface area contributed by atoms with Crippen LogP contribution in [-0.4, -0.2) is 6.67 Å². The molecule has 0 radical (unpaired) electrons. The van der Waals surface area contributed by atoms with Crippen molar-refractivity contribution in [2.24, 2.45) is 17.8 Å². The van der Waals surface area contributed by atoms with E-state index in [-0.39, 0.29) is 6.67 Å². The average molecular weight is 396 g/mol. The summed E-state index contributed by atoms with van der Waals surface area (Å²) < 4.78 is 12.1. The maximum atomic E-state index is 12.1. The monoisotopic (exact) mass is 395 g/mol. The Morgan fingerprint density at radius 1 is 0.862 bits per heavy atom. The Kier molecular flexibility index (Phi) is 9.26. The maximum absolute atomic E-state index is 12.1. The minimum absolute atomic E-state index is 0.171. The highest BCUT2D eigenvalue weighted by atomic mass is 19.1. The molecule has 2 fully saturated rings. The van der Waals surface area contributed by atoms with Gasteiger partial charge in [0.2, 0.25) is 0 Å². The van der Waals surface area contributed by atoms with Crippen LogP contribution in [0, 0.1) is 29.1 Å². The predicted molar refractivity (Wildman–Crippen MR) is 120 cm³/mol. The third kappa shape index (κ3) is 7.29. The SMILES string of the molecule is N#Cc1ccc(C2CCC(CCC3CCC(/C=C/CCCCF)CC3)CC2)cc1. The first-order chi connectivity index (χ1) is 14.3. The molecule has 0 N–H and O–H groups in total. The zero-order valence-corrected chi connectivity index (χ0v) is 18.0. The van der Waals surface area contributed by atoms with Crippen molar-refractivity contribution in [3.8, 4) is 6.07 Å². The molecule has 2 aliphatic carbocycles. The molecule has 1 aromatic rings. The zero-order valence-electron chi connectivity index (χ0n) is 18.0. The molecular formula is C27H38FN. The second kappa shape index (κ2) is 12.2. The van der Waals surface area contributed by atoms with E-state index in [9.17, 15) is 4.39 Å². The minimum Gasteiger partial charge on any atom is -0.251 e. The Hall–Kier alpha value is -1.62. The number of unbranched alkanes of at least 4 members (excludes halogenated alkanes) is 2. The first-order valence-electron chi connectivity index (χ1n) is 12.0. The van der Waals surface area contributed by atoms with Crippen molar-refractivity contribution in [3.05, 3.63) is 47.5 Å². The number of hydrogen-bond acceptors (Lipinski definition) is 1. The second-order valence-corrected chi connectivity index (χ2v) is 9.42. The predicted octanol–water partition coefficient (Wildman–Crippen LogP) is 8.11. The summed E-state index contributed by atoms with van der Waals surface area (Å²) in [6, 6.07) is 10.5. The van der Waals surface area contributed by atoms with Crippen molar-refractivity contribution in [2.45, 2.75) is 89.4 Å². The fourth-order valence-electron chi connectivity index (χ4n) is 5.40. The van der Waals surface area contributed by atoms with Crippen molar-refractivity contribution in [3.63, 3.8) is 0 Å². The summed E-state index contributed by atoms with van der Waals surface area (Å²) >= 11 is 0. The number of benzene rings is 1. The quantitative estimate of drug-likeness (QED) is 0.306. The van der Waals surface area contributed by atoms with Crippen molar-refractivity contribution >= 4 is 0 Å². The van der Waals surface area contributed by atoms with Gasteiger partial charge >= 0.3 is 0 Å². The molecule has 0 atom stereocenters. The number of nitrogens with zero attached hydrogens (tertiary/aromatic N) is 1. The average Bonchev–Trinajstić information content (AvgIpc) is 2.79. The molecule has 0 amide bonds. The Labute approximate surface area is 177 Å². The summed E-state index contributed by atoms with van der Waals surface area (Å²) in [5.41, 5.74) is 2.20. The molecule has 0 spiro atoms. The molecule has 0 aromatic heterocycles. The number of hydrogen-bond donors (Lipinski definition) is 0. The first-order valence-corrected chi connectivity index (χ1v) is 12.0. The summed E-state index contributed by atoms with van der Waals surface area (Å²) in [6.07, 6.45) is 21.2. The van der Waals surface area contributed by atoms with Gasteiger partial charge in [-0.15, -0.1) is 0 Å². The molecule has 0 aliphatic heterocycles. The lowest BCUT2D eigenvalue weighted by Gasteiger charge is -2.31. The molecule has 2 saturated carbocycles. The van der Waals surface area contributed by atoms with Crippen LogP contribution in [0.25, 0.3) is 0 Å². The fraction of sp³-hybridized carbons (Fsp3) is 0.667. The van der Waals surface area contributed by atoms with Crippen LogP contribution in [-0.2, 0) is 0 Å². The van der Waals surface area contributed by atoms with Gasteiger partial charge in [-0.25, -0.2) is 0 Å². The van der Waals surface area contributed by atoms with Crippen LogP contribution in [0.3, 0.4) is 0 Å². The van der Waals surface area contributed by atoms with Crippen LogP contribution in [0.4, 0.5) is 4.39 Å². The normalized spacial score (nSPS) is 27.7. The van der Waals surface area contributed by atoms with Crippen LogP contribution in [0.2, 0.25) is 0 Å². The van der Waals surface area contributed by atoms with Gasteiger partial charge in [0, 0.05) is 0 Å². The van der Waals surface area contributed by atoms with Crippen LogP contribution in [0.5, 0.6) is 0 Å². The smallest absolute Gasteiger partial charge is 0.0991 e. The summed E-state index contributed by atoms with van der Waals surface area (Å²) in [5.74, 6) is 3.35. The molecule has 0 bridgehead atoms. The number of alkyl halides is 1. The summed E-state index contributed by atoms with van der Waals surface area (Å²) in [5, 5.41) is 8.96. The van der Waals surface area contributed by atoms with Gasteiger partial charge in [-0.3, -0.25) is 4.39 Å². The highest BCUT2D eigenvalue weighted by Gasteiger charge is 2.24. The largest absolute Gasteiger partial charge is 0.251 e. The molecule has 0 heterocycles. The van der Waals surface area contributed by atoms with Crippen LogP contribution in [0.15, 0.2) is 36.4 Å². The lowest BCUT2D eigenvalue weighted by atomic mass is 9.74. The number of halogens is 1. The van der Waals surface area contributed by atoms with E-state index in [1.807, 2.05) is 12.1 Å². The Bertz CT molecular complexity index is 640. The van der Waals surface area contributed by atoms with Crippen LogP contribution < -0.4 is 0 Å². The van der Waals surface area contributed by atoms with E-state index in [2.05, 4.69) is 30.4 Å². The molecule has 1 nitrogen and oxygen atoms in total. The van der Waals surface area contributed by atoms with Gasteiger partial charge in [-0.2, -0.15) is 5.26 Å². The molecule has 158 valence electrons. The van der Waals surface area contributed by atoms with E-state index in [4.69, 9.17) is 5.26 Å². The van der Waals surface area contributed by atoms with E-state index in [0.29, 0.717) is 12.3 Å². The molecule has 3 rings (SSSR count). The molecule has 2 aliphatic rings. The number of rotatable bonds is 9. The number of nitriles is 1. The van der Waals surface area contributed by atoms with E-state index >= 15 is 0 Å². The van der Waals surface area contributed by atoms with Crippen molar-refractivity contribution in [1.29, 1.82) is 5.26 Å². The summed E-state index contributed by atoms with van der Waals surface area (Å²) in [7, 11) is 0. The van der Waals surface area contributed by atoms with Gasteiger partial charge in [0.1, 0.15) is 0 Å². The lowest BCUT2D eigenvalue weighted by molar-refractivity contribution is 0.246. The Morgan fingerprint density at radius 3 is 2.07 bits per heavy atom. The van der Waals surface area contributed by atoms with Crippen LogP contribution in [0.1, 0.15) is 101 Å². The van der Waals surface area contributed by atoms with E-state index in [1.165, 1.54) is 69.8 Å². The standard InChI is InChI=1S/C27H38FN/c28-20-4-2-1-3-5-22-6-8-23(9-7-22)10-11-24-12-16-26(17-13-24)27-18-14-25(21-29)15-19-27/h3,5,14-15,18-19,22-24,26H,1-2,4,6-13,16-17,20H2/b5-3+. The third-order valence-electron chi connectivity index (χ3n) is 7.40. The van der Waals surface area contributed by atoms with Gasteiger partial charge in [-0.05, 0) is 112 Å². The minimum atomic E-state index is -0.171. The number of allylic oxidation sites excluding steroid dienone is 2. The van der Waals surface area contributed by atoms with E-state index < -0.39 is 0 Å². The zero-order chi connectivity index (χ0) is 20.3. The molecule has 0 unspecified atom stereocenters. The highest BCUT2D eigenvalue weighted by Crippen LogP contribution is 2.40. The Balaban J connectivity index is 1.29. The topological polar surface area (TPSA) is 23.8 Å². The lowest BCUT2D eigenvalue weighted by Crippen LogP contribution is -2.17. The maximum Gasteiger partial charge on any atom is 0.0991 e. The van der Waals surface area contributed by atoms with Gasteiger partial charge in [-0.1, -0.05) is 37.1 Å². The third-order valence-corrected chi connectivity index (χ3v) is 7.40. The van der Waals surface area contributed by atoms with Gasteiger partial charge in [0.05, 0.1) is 18.3 Å². The van der Waals surface area contributed by atoms with Crippen molar-refractivity contribution < 1.29 is 4.39 Å². The molecule has 1 aromatic carbocycles. The van der Waals surface area contributed by atoms with E-state index in [0.717, 1.165) is 36.2 Å². The fourth-order valence-corrected chi connectivity index (χ4v) is 5.40. The summed E-state index contributed by atoms with van der Waals surface area (Å²) in [6.45, 7) is -0.171. The molecule has 29 heavy (non-hydrogen) atoms. The highest BCUT2D eigenvalue weighted by molar-refractivity contribution is 5.33. The second-order valence-electron chi connectivity index (χ2n) is 9.42. The molecule has 2 heteroatoms. The Morgan fingerprint density at radius 2 is 1.48 bits per heavy atom. The molecular weight excluding hydrogens is 357 g/mol. The summed E-state index contributed by atoms with van der Waals surface area (Å²) in [4.78, 5) is 0. The van der Waals surface area contributed by atoms with Gasteiger partial charge in [0.25, 0.3) is 0 Å².